The van der Waals surface area contributed by atoms with Gasteiger partial charge in [0, 0.05) is 32.6 Å². The van der Waals surface area contributed by atoms with Crippen LogP contribution in [0.5, 0.6) is 0 Å². The van der Waals surface area contributed by atoms with Crippen molar-refractivity contribution in [3.8, 4) is 0 Å². The first kappa shape index (κ1) is 21.2. The number of benzene rings is 2. The Labute approximate surface area is 172 Å². The molecule has 154 valence electrons. The fraction of sp³-hybridized carbons (Fsp3) is 0.318. The van der Waals surface area contributed by atoms with Crippen molar-refractivity contribution in [1.82, 2.24) is 13.9 Å². The lowest BCUT2D eigenvalue weighted by molar-refractivity contribution is 0.176. The quantitative estimate of drug-likeness (QED) is 0.539. The first-order valence-corrected chi connectivity index (χ1v) is 11.0. The number of sulfonamides is 1. The van der Waals surface area contributed by atoms with Crippen LogP contribution >= 0.6 is 0 Å². The Morgan fingerprint density at radius 3 is 2.52 bits per heavy atom. The minimum atomic E-state index is -3.66. The zero-order valence-corrected chi connectivity index (χ0v) is 17.9. The van der Waals surface area contributed by atoms with E-state index in [1.54, 1.807) is 37.6 Å². The summed E-state index contributed by atoms with van der Waals surface area (Å²) in [5.74, 6) is 0.693. The van der Waals surface area contributed by atoms with Gasteiger partial charge < -0.3 is 9.30 Å². The summed E-state index contributed by atoms with van der Waals surface area (Å²) in [6.45, 7) is 5.37. The Kier molecular flexibility index (Phi) is 6.84. The maximum atomic E-state index is 13.2. The molecule has 0 saturated heterocycles. The molecule has 2 aromatic carbocycles. The van der Waals surface area contributed by atoms with Crippen LogP contribution in [-0.4, -0.2) is 42.5 Å². The second-order valence-electron chi connectivity index (χ2n) is 7.10. The Hall–Kier alpha value is -2.48. The maximum absolute atomic E-state index is 13.2. The SMILES string of the molecule is COCCN(Cc1nccn1Cc1cccc(C)c1)S(=O)(=O)c1ccc(C)cc1. The molecule has 0 saturated carbocycles. The number of methoxy groups -OCH3 is 1. The van der Waals surface area contributed by atoms with Crippen LogP contribution in [0.1, 0.15) is 22.5 Å². The van der Waals surface area contributed by atoms with E-state index in [1.165, 1.54) is 9.87 Å². The van der Waals surface area contributed by atoms with Crippen LogP contribution in [-0.2, 0) is 27.8 Å². The monoisotopic (exact) mass is 413 g/mol. The predicted octanol–water partition coefficient (Wildman–Crippen LogP) is 3.39. The summed E-state index contributed by atoms with van der Waals surface area (Å²) in [7, 11) is -2.10. The van der Waals surface area contributed by atoms with Gasteiger partial charge in [0.1, 0.15) is 5.82 Å². The number of aryl methyl sites for hydroxylation is 2. The van der Waals surface area contributed by atoms with Crippen molar-refractivity contribution >= 4 is 10.0 Å². The molecule has 0 fully saturated rings. The molecule has 1 heterocycles. The fourth-order valence-corrected chi connectivity index (χ4v) is 4.52. The van der Waals surface area contributed by atoms with Gasteiger partial charge in [-0.2, -0.15) is 4.31 Å². The van der Waals surface area contributed by atoms with Gasteiger partial charge in [-0.25, -0.2) is 13.4 Å². The Morgan fingerprint density at radius 2 is 1.83 bits per heavy atom. The van der Waals surface area contributed by atoms with Crippen LogP contribution in [0.15, 0.2) is 65.8 Å². The summed E-state index contributed by atoms with van der Waals surface area (Å²) >= 11 is 0. The van der Waals surface area contributed by atoms with Gasteiger partial charge in [0.2, 0.25) is 10.0 Å². The van der Waals surface area contributed by atoms with Crippen molar-refractivity contribution in [3.63, 3.8) is 0 Å². The number of aromatic nitrogens is 2. The largest absolute Gasteiger partial charge is 0.383 e. The first-order valence-electron chi connectivity index (χ1n) is 9.51. The minimum Gasteiger partial charge on any atom is -0.383 e. The molecule has 0 aliphatic heterocycles. The lowest BCUT2D eigenvalue weighted by Crippen LogP contribution is -2.34. The third kappa shape index (κ3) is 5.32. The first-order chi connectivity index (χ1) is 13.9. The molecule has 0 bridgehead atoms. The van der Waals surface area contributed by atoms with E-state index in [0.29, 0.717) is 19.0 Å². The molecule has 0 N–H and O–H groups in total. The van der Waals surface area contributed by atoms with Crippen molar-refractivity contribution in [3.05, 3.63) is 83.4 Å². The van der Waals surface area contributed by atoms with Crippen LogP contribution in [0.25, 0.3) is 0 Å². The van der Waals surface area contributed by atoms with Crippen molar-refractivity contribution in [1.29, 1.82) is 0 Å². The number of rotatable bonds is 9. The molecule has 0 spiro atoms. The second-order valence-corrected chi connectivity index (χ2v) is 9.04. The highest BCUT2D eigenvalue weighted by molar-refractivity contribution is 7.89. The lowest BCUT2D eigenvalue weighted by Gasteiger charge is -2.22. The summed E-state index contributed by atoms with van der Waals surface area (Å²) in [6.07, 6.45) is 3.59. The number of hydrogen-bond donors (Lipinski definition) is 0. The van der Waals surface area contributed by atoms with Gasteiger partial charge >= 0.3 is 0 Å². The molecule has 0 aliphatic carbocycles. The van der Waals surface area contributed by atoms with Crippen molar-refractivity contribution < 1.29 is 13.2 Å². The van der Waals surface area contributed by atoms with E-state index >= 15 is 0 Å². The van der Waals surface area contributed by atoms with Gasteiger partial charge in [0.15, 0.2) is 0 Å². The fourth-order valence-electron chi connectivity index (χ4n) is 3.14. The van der Waals surface area contributed by atoms with E-state index in [0.717, 1.165) is 11.1 Å². The molecule has 0 unspecified atom stereocenters. The highest BCUT2D eigenvalue weighted by Crippen LogP contribution is 2.19. The predicted molar refractivity (Wildman–Crippen MR) is 113 cm³/mol. The summed E-state index contributed by atoms with van der Waals surface area (Å²) in [5.41, 5.74) is 3.35. The molecule has 0 radical (unpaired) electrons. The van der Waals surface area contributed by atoms with Gasteiger partial charge in [0.25, 0.3) is 0 Å². The van der Waals surface area contributed by atoms with Gasteiger partial charge in [-0.15, -0.1) is 0 Å². The summed E-state index contributed by atoms with van der Waals surface area (Å²) in [6, 6.07) is 15.2. The average molecular weight is 414 g/mol. The third-order valence-electron chi connectivity index (χ3n) is 4.76. The molecular weight excluding hydrogens is 386 g/mol. The summed E-state index contributed by atoms with van der Waals surface area (Å²) in [5, 5.41) is 0. The molecule has 7 heteroatoms. The van der Waals surface area contributed by atoms with Crippen molar-refractivity contribution in [2.75, 3.05) is 20.3 Å². The van der Waals surface area contributed by atoms with Gasteiger partial charge in [-0.1, -0.05) is 47.5 Å². The van der Waals surface area contributed by atoms with Crippen LogP contribution in [0.4, 0.5) is 0 Å². The number of ether oxygens (including phenoxy) is 1. The summed E-state index contributed by atoms with van der Waals surface area (Å²) < 4.78 is 35.0. The normalized spacial score (nSPS) is 11.9. The Morgan fingerprint density at radius 1 is 1.07 bits per heavy atom. The molecule has 1 aromatic heterocycles. The van der Waals surface area contributed by atoms with Crippen LogP contribution in [0.3, 0.4) is 0 Å². The molecular formula is C22H27N3O3S. The number of imidazole rings is 1. The van der Waals surface area contributed by atoms with Gasteiger partial charge in [-0.3, -0.25) is 0 Å². The van der Waals surface area contributed by atoms with Crippen molar-refractivity contribution in [2.24, 2.45) is 0 Å². The number of hydrogen-bond acceptors (Lipinski definition) is 4. The lowest BCUT2D eigenvalue weighted by atomic mass is 10.1. The molecule has 0 atom stereocenters. The zero-order valence-electron chi connectivity index (χ0n) is 17.1. The Balaban J connectivity index is 1.86. The second kappa shape index (κ2) is 9.35. The van der Waals surface area contributed by atoms with E-state index in [4.69, 9.17) is 4.74 Å². The van der Waals surface area contributed by atoms with Gasteiger partial charge in [0.05, 0.1) is 18.0 Å². The van der Waals surface area contributed by atoms with E-state index in [9.17, 15) is 8.42 Å². The minimum absolute atomic E-state index is 0.179. The third-order valence-corrected chi connectivity index (χ3v) is 6.62. The zero-order chi connectivity index (χ0) is 20.9. The molecule has 3 aromatic rings. The van der Waals surface area contributed by atoms with Crippen LogP contribution in [0, 0.1) is 13.8 Å². The van der Waals surface area contributed by atoms with E-state index < -0.39 is 10.0 Å². The smallest absolute Gasteiger partial charge is 0.243 e. The summed E-state index contributed by atoms with van der Waals surface area (Å²) in [4.78, 5) is 4.69. The molecule has 6 nitrogen and oxygen atoms in total. The number of nitrogens with zero attached hydrogens (tertiary/aromatic N) is 3. The van der Waals surface area contributed by atoms with Gasteiger partial charge in [-0.05, 0) is 31.5 Å². The van der Waals surface area contributed by atoms with E-state index in [1.807, 2.05) is 23.8 Å². The Bertz CT molecular complexity index is 1040. The highest BCUT2D eigenvalue weighted by Gasteiger charge is 2.26. The average Bonchev–Trinajstić information content (AvgIpc) is 3.12. The van der Waals surface area contributed by atoms with Crippen molar-refractivity contribution in [2.45, 2.75) is 31.8 Å². The van der Waals surface area contributed by atoms with E-state index in [2.05, 4.69) is 30.1 Å². The van der Waals surface area contributed by atoms with E-state index in [-0.39, 0.29) is 18.0 Å². The van der Waals surface area contributed by atoms with Crippen LogP contribution < -0.4 is 0 Å². The maximum Gasteiger partial charge on any atom is 0.243 e. The molecule has 3 rings (SSSR count). The molecule has 29 heavy (non-hydrogen) atoms. The molecule has 0 aliphatic rings. The topological polar surface area (TPSA) is 64.4 Å². The van der Waals surface area contributed by atoms with Crippen LogP contribution in [0.2, 0.25) is 0 Å². The molecule has 0 amide bonds. The standard InChI is InChI=1S/C22H27N3O3S/c1-18-7-9-21(10-8-18)29(26,27)25(13-14-28-3)17-22-23-11-12-24(22)16-20-6-4-5-19(2)15-20/h4-12,15H,13-14,16-17H2,1-3H3. The highest BCUT2D eigenvalue weighted by atomic mass is 32.2.